The number of aryl methyl sites for hydroxylation is 2. The Morgan fingerprint density at radius 2 is 2.09 bits per heavy atom. The molecule has 0 amide bonds. The Morgan fingerprint density at radius 3 is 2.73 bits per heavy atom. The highest BCUT2D eigenvalue weighted by Crippen LogP contribution is 2.42. The van der Waals surface area contributed by atoms with Crippen molar-refractivity contribution in [3.63, 3.8) is 0 Å². The molecule has 22 heavy (non-hydrogen) atoms. The number of H-pyrrole nitrogens is 1. The molecule has 0 aliphatic carbocycles. The van der Waals surface area contributed by atoms with Gasteiger partial charge in [0.2, 0.25) is 11.8 Å². The number of aromatic nitrogens is 2. The molecular weight excluding hydrogens is 276 g/mol. The maximum Gasteiger partial charge on any atom is 0.244 e. The molecule has 3 rings (SSSR count). The van der Waals surface area contributed by atoms with Crippen molar-refractivity contribution in [1.29, 1.82) is 5.26 Å². The Morgan fingerprint density at radius 1 is 1.36 bits per heavy atom. The van der Waals surface area contributed by atoms with Gasteiger partial charge in [-0.3, -0.25) is 5.10 Å². The highest BCUT2D eigenvalue weighted by atomic mass is 16.5. The molecule has 5 heteroatoms. The van der Waals surface area contributed by atoms with E-state index >= 15 is 0 Å². The molecular formula is C17H18N4O. The van der Waals surface area contributed by atoms with E-state index in [1.54, 1.807) is 0 Å². The van der Waals surface area contributed by atoms with Crippen LogP contribution in [0.2, 0.25) is 0 Å². The van der Waals surface area contributed by atoms with Crippen molar-refractivity contribution in [3.05, 3.63) is 58.1 Å². The van der Waals surface area contributed by atoms with Crippen LogP contribution in [-0.2, 0) is 6.42 Å². The van der Waals surface area contributed by atoms with E-state index < -0.39 is 0 Å². The van der Waals surface area contributed by atoms with Gasteiger partial charge in [-0.15, -0.1) is 5.10 Å². The molecule has 2 heterocycles. The number of aromatic amines is 1. The maximum absolute atomic E-state index is 9.53. The number of nitrogens with two attached hydrogens (primary N) is 1. The largest absolute Gasteiger partial charge is 0.420 e. The summed E-state index contributed by atoms with van der Waals surface area (Å²) in [6.07, 6.45) is 1.84. The number of rotatable bonds is 3. The molecule has 1 atom stereocenters. The zero-order chi connectivity index (χ0) is 15.7. The summed E-state index contributed by atoms with van der Waals surface area (Å²) in [5, 5.41) is 16.8. The van der Waals surface area contributed by atoms with E-state index in [2.05, 4.69) is 23.2 Å². The lowest BCUT2D eigenvalue weighted by molar-refractivity contribution is 0.378. The van der Waals surface area contributed by atoms with Crippen LogP contribution in [0.3, 0.4) is 0 Å². The van der Waals surface area contributed by atoms with Gasteiger partial charge < -0.3 is 10.5 Å². The predicted molar refractivity (Wildman–Crippen MR) is 83.1 cm³/mol. The smallest absolute Gasteiger partial charge is 0.244 e. The standard InChI is InChI=1S/C17H18N4O/c1-3-4-13-15-14(11-7-5-10(2)6-8-11)12(9-18)16(19)22-17(15)21-20-13/h5-8,14H,3-4,19H2,1-2H3,(H,20,21)/t14-/m1/s1. The van der Waals surface area contributed by atoms with Crippen LogP contribution >= 0.6 is 0 Å². The van der Waals surface area contributed by atoms with Crippen molar-refractivity contribution < 1.29 is 4.74 Å². The monoisotopic (exact) mass is 294 g/mol. The fourth-order valence-corrected chi connectivity index (χ4v) is 2.84. The normalized spacial score (nSPS) is 16.9. The summed E-state index contributed by atoms with van der Waals surface area (Å²) < 4.78 is 5.53. The summed E-state index contributed by atoms with van der Waals surface area (Å²) in [7, 11) is 0. The first-order chi connectivity index (χ1) is 10.7. The number of nitrogens with one attached hydrogen (secondary N) is 1. The lowest BCUT2D eigenvalue weighted by atomic mass is 9.83. The van der Waals surface area contributed by atoms with Gasteiger partial charge in [0.1, 0.15) is 11.6 Å². The number of hydrogen-bond acceptors (Lipinski definition) is 4. The van der Waals surface area contributed by atoms with E-state index in [1.165, 1.54) is 5.56 Å². The van der Waals surface area contributed by atoms with Crippen molar-refractivity contribution in [2.24, 2.45) is 5.73 Å². The van der Waals surface area contributed by atoms with Crippen LogP contribution in [0.4, 0.5) is 0 Å². The van der Waals surface area contributed by atoms with Crippen molar-refractivity contribution in [2.45, 2.75) is 32.6 Å². The number of allylic oxidation sites excluding steroid dienone is 1. The fourth-order valence-electron chi connectivity index (χ4n) is 2.84. The minimum atomic E-state index is -0.227. The minimum Gasteiger partial charge on any atom is -0.420 e. The molecule has 0 radical (unpaired) electrons. The summed E-state index contributed by atoms with van der Waals surface area (Å²) in [4.78, 5) is 0. The molecule has 1 aromatic carbocycles. The molecule has 5 nitrogen and oxygen atoms in total. The van der Waals surface area contributed by atoms with Crippen LogP contribution in [0, 0.1) is 18.3 Å². The average Bonchev–Trinajstić information content (AvgIpc) is 2.90. The quantitative estimate of drug-likeness (QED) is 0.911. The Kier molecular flexibility index (Phi) is 3.60. The molecule has 2 aromatic rings. The van der Waals surface area contributed by atoms with E-state index in [9.17, 15) is 5.26 Å². The molecule has 0 unspecified atom stereocenters. The maximum atomic E-state index is 9.53. The second-order valence-corrected chi connectivity index (χ2v) is 5.51. The van der Waals surface area contributed by atoms with Crippen LogP contribution in [0.25, 0.3) is 0 Å². The number of nitrogens with zero attached hydrogens (tertiary/aromatic N) is 2. The first kappa shape index (κ1) is 14.2. The summed E-state index contributed by atoms with van der Waals surface area (Å²) in [5.74, 6) is 0.385. The summed E-state index contributed by atoms with van der Waals surface area (Å²) in [5.41, 5.74) is 10.5. The lowest BCUT2D eigenvalue weighted by Gasteiger charge is -2.24. The zero-order valence-electron chi connectivity index (χ0n) is 12.7. The van der Waals surface area contributed by atoms with Crippen molar-refractivity contribution in [1.82, 2.24) is 10.2 Å². The fraction of sp³-hybridized carbons (Fsp3) is 0.294. The molecule has 112 valence electrons. The highest BCUT2D eigenvalue weighted by Gasteiger charge is 2.34. The van der Waals surface area contributed by atoms with E-state index in [1.807, 2.05) is 31.2 Å². The Bertz CT molecular complexity index is 765. The lowest BCUT2D eigenvalue weighted by Crippen LogP contribution is -2.21. The van der Waals surface area contributed by atoms with Crippen molar-refractivity contribution in [3.8, 4) is 11.9 Å². The van der Waals surface area contributed by atoms with Gasteiger partial charge in [-0.05, 0) is 18.9 Å². The van der Waals surface area contributed by atoms with Crippen LogP contribution in [0.5, 0.6) is 5.88 Å². The number of hydrogen-bond donors (Lipinski definition) is 2. The molecule has 0 spiro atoms. The van der Waals surface area contributed by atoms with Gasteiger partial charge >= 0.3 is 0 Å². The predicted octanol–water partition coefficient (Wildman–Crippen LogP) is 2.89. The second-order valence-electron chi connectivity index (χ2n) is 5.51. The highest BCUT2D eigenvalue weighted by molar-refractivity contribution is 5.55. The van der Waals surface area contributed by atoms with E-state index in [0.29, 0.717) is 11.5 Å². The average molecular weight is 294 g/mol. The Labute approximate surface area is 129 Å². The number of nitriles is 1. The van der Waals surface area contributed by atoms with Gasteiger partial charge in [0.15, 0.2) is 0 Å². The topological polar surface area (TPSA) is 87.7 Å². The molecule has 0 saturated carbocycles. The molecule has 1 aliphatic heterocycles. The summed E-state index contributed by atoms with van der Waals surface area (Å²) >= 11 is 0. The van der Waals surface area contributed by atoms with Gasteiger partial charge in [0.05, 0.1) is 5.92 Å². The molecule has 3 N–H and O–H groups in total. The van der Waals surface area contributed by atoms with Gasteiger partial charge in [0, 0.05) is 11.3 Å². The van der Waals surface area contributed by atoms with E-state index in [4.69, 9.17) is 10.5 Å². The summed E-state index contributed by atoms with van der Waals surface area (Å²) in [6, 6.07) is 10.3. The Hall–Kier alpha value is -2.74. The first-order valence-electron chi connectivity index (χ1n) is 7.37. The molecule has 0 fully saturated rings. The SMILES string of the molecule is CCCc1[nH]nc2c1[C@H](c1ccc(C)cc1)C(C#N)=C(N)O2. The van der Waals surface area contributed by atoms with Crippen LogP contribution in [0.15, 0.2) is 35.7 Å². The second kappa shape index (κ2) is 5.57. The van der Waals surface area contributed by atoms with E-state index in [0.717, 1.165) is 29.7 Å². The number of fused-ring (bicyclic) bond motifs is 1. The third-order valence-corrected chi connectivity index (χ3v) is 3.93. The summed E-state index contributed by atoms with van der Waals surface area (Å²) in [6.45, 7) is 4.14. The van der Waals surface area contributed by atoms with Crippen LogP contribution in [0.1, 0.15) is 41.6 Å². The Balaban J connectivity index is 2.19. The van der Waals surface area contributed by atoms with Crippen LogP contribution < -0.4 is 10.5 Å². The molecule has 0 bridgehead atoms. The third kappa shape index (κ3) is 2.23. The zero-order valence-corrected chi connectivity index (χ0v) is 12.7. The van der Waals surface area contributed by atoms with E-state index in [-0.39, 0.29) is 11.8 Å². The van der Waals surface area contributed by atoms with Gasteiger partial charge in [0.25, 0.3) is 0 Å². The van der Waals surface area contributed by atoms with Crippen LogP contribution in [-0.4, -0.2) is 10.2 Å². The van der Waals surface area contributed by atoms with Crippen molar-refractivity contribution >= 4 is 0 Å². The van der Waals surface area contributed by atoms with Crippen molar-refractivity contribution in [2.75, 3.05) is 0 Å². The molecule has 0 saturated heterocycles. The molecule has 1 aliphatic rings. The number of benzene rings is 1. The first-order valence-corrected chi connectivity index (χ1v) is 7.37. The van der Waals surface area contributed by atoms with Gasteiger partial charge in [-0.1, -0.05) is 43.2 Å². The third-order valence-electron chi connectivity index (χ3n) is 3.93. The van der Waals surface area contributed by atoms with Gasteiger partial charge in [-0.25, -0.2) is 0 Å². The number of ether oxygens (including phenoxy) is 1. The van der Waals surface area contributed by atoms with Gasteiger partial charge in [-0.2, -0.15) is 5.26 Å². The molecule has 1 aromatic heterocycles. The minimum absolute atomic E-state index is 0.134.